The summed E-state index contributed by atoms with van der Waals surface area (Å²) in [7, 11) is 0. The normalized spacial score (nSPS) is 16.4. The largest absolute Gasteiger partial charge is 0.367 e. The summed E-state index contributed by atoms with van der Waals surface area (Å²) >= 11 is 0. The highest BCUT2D eigenvalue weighted by molar-refractivity contribution is 5.48. The molecule has 1 unspecified atom stereocenters. The standard InChI is InChI=1S/C11H17N3/c1-3-8(2)14-11-9-5-4-6-10(9)12-7-13-11/h7-8H,3-6H2,1-2H3,(H,12,13,14). The lowest BCUT2D eigenvalue weighted by atomic mass is 10.2. The molecule has 0 aliphatic heterocycles. The van der Waals surface area contributed by atoms with E-state index in [2.05, 4.69) is 29.1 Å². The van der Waals surface area contributed by atoms with Crippen LogP contribution in [0.15, 0.2) is 6.33 Å². The van der Waals surface area contributed by atoms with E-state index in [0.29, 0.717) is 6.04 Å². The van der Waals surface area contributed by atoms with Crippen LogP contribution < -0.4 is 5.32 Å². The molecule has 1 aromatic heterocycles. The minimum absolute atomic E-state index is 0.495. The van der Waals surface area contributed by atoms with Crippen molar-refractivity contribution in [1.29, 1.82) is 0 Å². The summed E-state index contributed by atoms with van der Waals surface area (Å²) in [6.45, 7) is 4.36. The molecule has 0 spiro atoms. The van der Waals surface area contributed by atoms with Crippen LogP contribution in [-0.2, 0) is 12.8 Å². The van der Waals surface area contributed by atoms with Crippen LogP contribution in [-0.4, -0.2) is 16.0 Å². The Kier molecular flexibility index (Phi) is 2.66. The van der Waals surface area contributed by atoms with Crippen molar-refractivity contribution < 1.29 is 0 Å². The van der Waals surface area contributed by atoms with Gasteiger partial charge in [0, 0.05) is 17.3 Å². The molecule has 3 heteroatoms. The average Bonchev–Trinajstić information content (AvgIpc) is 2.66. The van der Waals surface area contributed by atoms with Gasteiger partial charge in [0.2, 0.25) is 0 Å². The van der Waals surface area contributed by atoms with Gasteiger partial charge >= 0.3 is 0 Å². The quantitative estimate of drug-likeness (QED) is 0.795. The van der Waals surface area contributed by atoms with E-state index in [1.807, 2.05) is 0 Å². The van der Waals surface area contributed by atoms with Crippen LogP contribution in [0.4, 0.5) is 5.82 Å². The number of rotatable bonds is 3. The van der Waals surface area contributed by atoms with Crippen LogP contribution in [0.1, 0.15) is 37.9 Å². The fourth-order valence-electron chi connectivity index (χ4n) is 1.82. The predicted molar refractivity (Wildman–Crippen MR) is 57.4 cm³/mol. The monoisotopic (exact) mass is 191 g/mol. The zero-order chi connectivity index (χ0) is 9.97. The van der Waals surface area contributed by atoms with Crippen molar-refractivity contribution in [2.75, 3.05) is 5.32 Å². The molecular weight excluding hydrogens is 174 g/mol. The van der Waals surface area contributed by atoms with Gasteiger partial charge in [-0.1, -0.05) is 6.92 Å². The van der Waals surface area contributed by atoms with Crippen molar-refractivity contribution in [3.05, 3.63) is 17.6 Å². The second-order valence-corrected chi connectivity index (χ2v) is 3.95. The molecule has 2 rings (SSSR count). The van der Waals surface area contributed by atoms with E-state index in [4.69, 9.17) is 0 Å². The van der Waals surface area contributed by atoms with E-state index in [9.17, 15) is 0 Å². The Balaban J connectivity index is 2.22. The van der Waals surface area contributed by atoms with E-state index in [1.165, 1.54) is 17.7 Å². The fourth-order valence-corrected chi connectivity index (χ4v) is 1.82. The molecule has 1 N–H and O–H groups in total. The summed E-state index contributed by atoms with van der Waals surface area (Å²) in [6, 6.07) is 0.495. The maximum Gasteiger partial charge on any atom is 0.133 e. The highest BCUT2D eigenvalue weighted by Gasteiger charge is 2.17. The molecule has 0 amide bonds. The smallest absolute Gasteiger partial charge is 0.133 e. The van der Waals surface area contributed by atoms with Gasteiger partial charge in [0.25, 0.3) is 0 Å². The van der Waals surface area contributed by atoms with Crippen molar-refractivity contribution in [3.8, 4) is 0 Å². The first-order valence-electron chi connectivity index (χ1n) is 5.40. The third kappa shape index (κ3) is 1.72. The maximum absolute atomic E-state index is 4.32. The molecule has 0 fully saturated rings. The molecule has 0 saturated heterocycles. The molecule has 76 valence electrons. The SMILES string of the molecule is CCC(C)Nc1ncnc2c1CCC2. The van der Waals surface area contributed by atoms with Gasteiger partial charge < -0.3 is 5.32 Å². The zero-order valence-electron chi connectivity index (χ0n) is 8.88. The highest BCUT2D eigenvalue weighted by Crippen LogP contribution is 2.25. The first kappa shape index (κ1) is 9.44. The Hall–Kier alpha value is -1.12. The van der Waals surface area contributed by atoms with Crippen molar-refractivity contribution in [2.45, 2.75) is 45.6 Å². The Morgan fingerprint density at radius 1 is 1.43 bits per heavy atom. The summed E-state index contributed by atoms with van der Waals surface area (Å²) in [6.07, 6.45) is 6.28. The third-order valence-electron chi connectivity index (χ3n) is 2.87. The number of aromatic nitrogens is 2. The first-order chi connectivity index (χ1) is 6.81. The van der Waals surface area contributed by atoms with Gasteiger partial charge in [-0.2, -0.15) is 0 Å². The van der Waals surface area contributed by atoms with Gasteiger partial charge in [0.15, 0.2) is 0 Å². The lowest BCUT2D eigenvalue weighted by Gasteiger charge is -2.14. The molecule has 1 aromatic rings. The van der Waals surface area contributed by atoms with Gasteiger partial charge in [0.05, 0.1) is 0 Å². The predicted octanol–water partition coefficient (Wildman–Crippen LogP) is 2.18. The zero-order valence-corrected chi connectivity index (χ0v) is 8.88. The minimum atomic E-state index is 0.495. The van der Waals surface area contributed by atoms with Crippen LogP contribution in [0.2, 0.25) is 0 Å². The number of aryl methyl sites for hydroxylation is 1. The molecule has 1 heterocycles. The van der Waals surface area contributed by atoms with Crippen molar-refractivity contribution in [3.63, 3.8) is 0 Å². The summed E-state index contributed by atoms with van der Waals surface area (Å²) in [4.78, 5) is 8.62. The van der Waals surface area contributed by atoms with E-state index >= 15 is 0 Å². The van der Waals surface area contributed by atoms with Crippen LogP contribution in [0.3, 0.4) is 0 Å². The van der Waals surface area contributed by atoms with Crippen LogP contribution in [0.5, 0.6) is 0 Å². The molecule has 1 aliphatic carbocycles. The van der Waals surface area contributed by atoms with Crippen LogP contribution in [0, 0.1) is 0 Å². The Morgan fingerprint density at radius 3 is 3.07 bits per heavy atom. The molecule has 0 aromatic carbocycles. The number of hydrogen-bond donors (Lipinski definition) is 1. The average molecular weight is 191 g/mol. The highest BCUT2D eigenvalue weighted by atomic mass is 15.0. The first-order valence-corrected chi connectivity index (χ1v) is 5.40. The van der Waals surface area contributed by atoms with Crippen molar-refractivity contribution >= 4 is 5.82 Å². The number of fused-ring (bicyclic) bond motifs is 1. The maximum atomic E-state index is 4.32. The molecule has 1 aliphatic rings. The van der Waals surface area contributed by atoms with E-state index in [-0.39, 0.29) is 0 Å². The second kappa shape index (κ2) is 3.95. The van der Waals surface area contributed by atoms with Gasteiger partial charge in [-0.15, -0.1) is 0 Å². The molecule has 1 atom stereocenters. The molecule has 0 radical (unpaired) electrons. The van der Waals surface area contributed by atoms with E-state index < -0.39 is 0 Å². The molecular formula is C11H17N3. The number of hydrogen-bond acceptors (Lipinski definition) is 3. The van der Waals surface area contributed by atoms with Crippen LogP contribution >= 0.6 is 0 Å². The van der Waals surface area contributed by atoms with E-state index in [1.54, 1.807) is 6.33 Å². The fraction of sp³-hybridized carbons (Fsp3) is 0.636. The van der Waals surface area contributed by atoms with Gasteiger partial charge in [-0.05, 0) is 32.6 Å². The number of nitrogens with one attached hydrogen (secondary N) is 1. The second-order valence-electron chi connectivity index (χ2n) is 3.95. The van der Waals surface area contributed by atoms with Crippen LogP contribution in [0.25, 0.3) is 0 Å². The van der Waals surface area contributed by atoms with Crippen molar-refractivity contribution in [1.82, 2.24) is 9.97 Å². The topological polar surface area (TPSA) is 37.8 Å². The lowest BCUT2D eigenvalue weighted by molar-refractivity contribution is 0.755. The minimum Gasteiger partial charge on any atom is -0.367 e. The number of nitrogens with zero attached hydrogens (tertiary/aromatic N) is 2. The molecule has 3 nitrogen and oxygen atoms in total. The van der Waals surface area contributed by atoms with E-state index in [0.717, 1.165) is 25.1 Å². The number of anilines is 1. The molecule has 0 bridgehead atoms. The van der Waals surface area contributed by atoms with Gasteiger partial charge in [0.1, 0.15) is 12.1 Å². The summed E-state index contributed by atoms with van der Waals surface area (Å²) in [5.41, 5.74) is 2.58. The Bertz CT molecular complexity index is 322. The van der Waals surface area contributed by atoms with Crippen molar-refractivity contribution in [2.24, 2.45) is 0 Å². The molecule has 14 heavy (non-hydrogen) atoms. The van der Waals surface area contributed by atoms with Gasteiger partial charge in [-0.3, -0.25) is 0 Å². The summed E-state index contributed by atoms with van der Waals surface area (Å²) in [5, 5.41) is 3.44. The Labute approximate surface area is 85.0 Å². The third-order valence-corrected chi connectivity index (χ3v) is 2.87. The molecule has 0 saturated carbocycles. The lowest BCUT2D eigenvalue weighted by Crippen LogP contribution is -2.16. The Morgan fingerprint density at radius 2 is 2.29 bits per heavy atom. The summed E-state index contributed by atoms with van der Waals surface area (Å²) < 4.78 is 0. The summed E-state index contributed by atoms with van der Waals surface area (Å²) in [5.74, 6) is 1.06. The van der Waals surface area contributed by atoms with Gasteiger partial charge in [-0.25, -0.2) is 9.97 Å².